The van der Waals surface area contributed by atoms with Gasteiger partial charge in [0.1, 0.15) is 0 Å². The van der Waals surface area contributed by atoms with Crippen molar-refractivity contribution >= 4 is 10.9 Å². The summed E-state index contributed by atoms with van der Waals surface area (Å²) < 4.78 is 22.2. The van der Waals surface area contributed by atoms with Gasteiger partial charge in [0.15, 0.2) is 0 Å². The van der Waals surface area contributed by atoms with Gasteiger partial charge < -0.3 is 4.90 Å². The zero-order chi connectivity index (χ0) is 7.98. The monoisotopic (exact) mass is 166 g/mol. The normalized spacial score (nSPS) is 11.2. The van der Waals surface area contributed by atoms with Crippen molar-refractivity contribution in [1.82, 2.24) is 9.62 Å². The first-order valence-corrected chi connectivity index (χ1v) is 4.33. The second kappa shape index (κ2) is 5.64. The van der Waals surface area contributed by atoms with Crippen LogP contribution in [0.2, 0.25) is 0 Å². The highest BCUT2D eigenvalue weighted by Crippen LogP contribution is 1.79. The summed E-state index contributed by atoms with van der Waals surface area (Å²) in [5, 5.41) is 0. The maximum absolute atomic E-state index is 9.96. The molecule has 10 heavy (non-hydrogen) atoms. The first kappa shape index (κ1) is 9.87. The fourth-order valence-corrected chi connectivity index (χ4v) is 0.906. The van der Waals surface area contributed by atoms with Crippen molar-refractivity contribution < 1.29 is 8.42 Å². The maximum atomic E-state index is 9.96. The first-order valence-electron chi connectivity index (χ1n) is 3.15. The van der Waals surface area contributed by atoms with Crippen molar-refractivity contribution in [3.05, 3.63) is 0 Å². The van der Waals surface area contributed by atoms with Crippen molar-refractivity contribution in [3.63, 3.8) is 0 Å². The highest BCUT2D eigenvalue weighted by atomic mass is 32.2. The molecule has 0 unspecified atom stereocenters. The summed E-state index contributed by atoms with van der Waals surface area (Å²) in [6.45, 7) is 1.45. The van der Waals surface area contributed by atoms with Crippen LogP contribution in [0.3, 0.4) is 0 Å². The van der Waals surface area contributed by atoms with Gasteiger partial charge in [-0.25, -0.2) is 13.1 Å². The molecule has 0 atom stereocenters. The zero-order valence-electron chi connectivity index (χ0n) is 6.33. The number of nitrogens with one attached hydrogen (secondary N) is 1. The average molecular weight is 166 g/mol. The SMILES string of the molecule is CN(C)CCCN[SH](=O)=O. The minimum atomic E-state index is -2.40. The van der Waals surface area contributed by atoms with Crippen LogP contribution in [0.1, 0.15) is 6.42 Å². The van der Waals surface area contributed by atoms with Crippen LogP contribution in [0.15, 0.2) is 0 Å². The van der Waals surface area contributed by atoms with Crippen LogP contribution < -0.4 is 4.72 Å². The van der Waals surface area contributed by atoms with E-state index in [1.54, 1.807) is 0 Å². The second-order valence-electron chi connectivity index (χ2n) is 2.32. The molecule has 1 N–H and O–H groups in total. The quantitative estimate of drug-likeness (QED) is 0.409. The molecule has 0 aliphatic heterocycles. The third-order valence-corrected chi connectivity index (χ3v) is 1.50. The van der Waals surface area contributed by atoms with Gasteiger partial charge in [-0.3, -0.25) is 0 Å². The molecule has 0 spiro atoms. The van der Waals surface area contributed by atoms with E-state index in [0.29, 0.717) is 6.54 Å². The second-order valence-corrected chi connectivity index (χ2v) is 3.15. The fraction of sp³-hybridized carbons (Fsp3) is 1.00. The van der Waals surface area contributed by atoms with Gasteiger partial charge in [0, 0.05) is 6.54 Å². The summed E-state index contributed by atoms with van der Waals surface area (Å²) in [6, 6.07) is 0. The molecular weight excluding hydrogens is 152 g/mol. The Balaban J connectivity index is 3.06. The van der Waals surface area contributed by atoms with E-state index in [4.69, 9.17) is 0 Å². The van der Waals surface area contributed by atoms with Gasteiger partial charge in [-0.1, -0.05) is 0 Å². The molecule has 0 rings (SSSR count). The van der Waals surface area contributed by atoms with Crippen molar-refractivity contribution in [2.75, 3.05) is 27.2 Å². The predicted octanol–water partition coefficient (Wildman–Crippen LogP) is -0.946. The van der Waals surface area contributed by atoms with Crippen molar-refractivity contribution in [3.8, 4) is 0 Å². The molecule has 0 fully saturated rings. The summed E-state index contributed by atoms with van der Waals surface area (Å²) in [7, 11) is 1.51. The fourth-order valence-electron chi connectivity index (χ4n) is 0.566. The van der Waals surface area contributed by atoms with Gasteiger partial charge in [0.2, 0.25) is 10.9 Å². The smallest absolute Gasteiger partial charge is 0.201 e. The standard InChI is InChI=1S/C5H14N2O2S/c1-7(2)5-3-4-6-10(8)9/h10H,3-5H2,1-2H3,(H,6,8,9). The third-order valence-electron chi connectivity index (χ3n) is 1.02. The largest absolute Gasteiger partial charge is 0.309 e. The van der Waals surface area contributed by atoms with Gasteiger partial charge in [0.25, 0.3) is 0 Å². The van der Waals surface area contributed by atoms with Crippen LogP contribution in [0.25, 0.3) is 0 Å². The number of hydrogen-bond acceptors (Lipinski definition) is 3. The molecule has 0 saturated carbocycles. The number of nitrogens with zero attached hydrogens (tertiary/aromatic N) is 1. The Kier molecular flexibility index (Phi) is 5.57. The lowest BCUT2D eigenvalue weighted by molar-refractivity contribution is 0.400. The Morgan fingerprint density at radius 1 is 1.40 bits per heavy atom. The van der Waals surface area contributed by atoms with E-state index in [-0.39, 0.29) is 0 Å². The summed E-state index contributed by atoms with van der Waals surface area (Å²) in [5.74, 6) is 0. The van der Waals surface area contributed by atoms with Crippen molar-refractivity contribution in [2.24, 2.45) is 0 Å². The maximum Gasteiger partial charge on any atom is 0.201 e. The van der Waals surface area contributed by atoms with E-state index < -0.39 is 10.9 Å². The molecule has 0 radical (unpaired) electrons. The summed E-state index contributed by atoms with van der Waals surface area (Å²) in [5.41, 5.74) is 0. The van der Waals surface area contributed by atoms with Crippen LogP contribution in [-0.2, 0) is 10.9 Å². The Morgan fingerprint density at radius 2 is 2.00 bits per heavy atom. The summed E-state index contributed by atoms with van der Waals surface area (Å²) in [4.78, 5) is 2.01. The molecule has 0 aliphatic carbocycles. The van der Waals surface area contributed by atoms with Gasteiger partial charge >= 0.3 is 0 Å². The van der Waals surface area contributed by atoms with E-state index in [1.807, 2.05) is 19.0 Å². The van der Waals surface area contributed by atoms with E-state index >= 15 is 0 Å². The van der Waals surface area contributed by atoms with Crippen LogP contribution >= 0.6 is 0 Å². The topological polar surface area (TPSA) is 49.4 Å². The molecule has 0 aliphatic rings. The lowest BCUT2D eigenvalue weighted by atomic mass is 10.4. The van der Waals surface area contributed by atoms with E-state index in [2.05, 4.69) is 4.72 Å². The zero-order valence-corrected chi connectivity index (χ0v) is 7.23. The predicted molar refractivity (Wildman–Crippen MR) is 41.5 cm³/mol. The minimum absolute atomic E-state index is 0.539. The average Bonchev–Trinajstić information content (AvgIpc) is 1.79. The number of hydrogen-bond donors (Lipinski definition) is 2. The van der Waals surface area contributed by atoms with Crippen LogP contribution in [0, 0.1) is 0 Å². The molecule has 0 aromatic heterocycles. The molecule has 0 bridgehead atoms. The van der Waals surface area contributed by atoms with Crippen molar-refractivity contribution in [2.45, 2.75) is 6.42 Å². The molecule has 5 heteroatoms. The van der Waals surface area contributed by atoms with E-state index in [1.165, 1.54) is 0 Å². The summed E-state index contributed by atoms with van der Waals surface area (Å²) in [6.07, 6.45) is 0.857. The van der Waals surface area contributed by atoms with Crippen LogP contribution in [0.4, 0.5) is 0 Å². The first-order chi connectivity index (χ1) is 4.63. The highest BCUT2D eigenvalue weighted by molar-refractivity contribution is 7.70. The van der Waals surface area contributed by atoms with Crippen LogP contribution in [-0.4, -0.2) is 40.5 Å². The minimum Gasteiger partial charge on any atom is -0.309 e. The number of thiol groups is 1. The molecule has 0 aromatic rings. The Labute approximate surface area is 63.3 Å². The lowest BCUT2D eigenvalue weighted by Crippen LogP contribution is -2.20. The molecule has 4 nitrogen and oxygen atoms in total. The van der Waals surface area contributed by atoms with Gasteiger partial charge in [-0.2, -0.15) is 0 Å². The summed E-state index contributed by atoms with van der Waals surface area (Å²) >= 11 is 0. The molecule has 0 amide bonds. The Hall–Kier alpha value is -0.130. The van der Waals surface area contributed by atoms with Gasteiger partial charge in [-0.15, -0.1) is 0 Å². The molecule has 0 saturated heterocycles. The van der Waals surface area contributed by atoms with E-state index in [0.717, 1.165) is 13.0 Å². The highest BCUT2D eigenvalue weighted by Gasteiger charge is 1.89. The Bertz CT molecular complexity index is 137. The van der Waals surface area contributed by atoms with E-state index in [9.17, 15) is 8.42 Å². The van der Waals surface area contributed by atoms with Gasteiger partial charge in [0.05, 0.1) is 0 Å². The van der Waals surface area contributed by atoms with Crippen molar-refractivity contribution in [1.29, 1.82) is 0 Å². The number of rotatable bonds is 5. The molecule has 0 heterocycles. The third kappa shape index (κ3) is 7.87. The molecule has 0 aromatic carbocycles. The molecular formula is C5H14N2O2S. The Morgan fingerprint density at radius 3 is 2.40 bits per heavy atom. The lowest BCUT2D eigenvalue weighted by Gasteiger charge is -2.07. The van der Waals surface area contributed by atoms with Crippen LogP contribution in [0.5, 0.6) is 0 Å². The van der Waals surface area contributed by atoms with Gasteiger partial charge in [-0.05, 0) is 27.1 Å². The molecule has 62 valence electrons.